The zero-order valence-electron chi connectivity index (χ0n) is 20.3. The normalized spacial score (nSPS) is 18.5. The van der Waals surface area contributed by atoms with Gasteiger partial charge in [0, 0.05) is 18.2 Å². The Labute approximate surface area is 211 Å². The van der Waals surface area contributed by atoms with E-state index in [1.807, 2.05) is 19.9 Å². The SMILES string of the molecule is CC(C)c1ccc(C(NC(=O)[C@@H]2C[C@@H](F)CN2C(=O)Cc2cn[nH]n2)c2ccn3cncc3c2)nc1F. The Morgan fingerprint density at radius 3 is 2.81 bits per heavy atom. The molecule has 4 aromatic heterocycles. The van der Waals surface area contributed by atoms with E-state index in [-0.39, 0.29) is 31.0 Å². The molecule has 4 aromatic rings. The van der Waals surface area contributed by atoms with Gasteiger partial charge in [-0.1, -0.05) is 19.9 Å². The third kappa shape index (κ3) is 5.04. The van der Waals surface area contributed by atoms with Gasteiger partial charge in [0.05, 0.1) is 54.6 Å². The van der Waals surface area contributed by atoms with E-state index in [0.29, 0.717) is 16.8 Å². The Morgan fingerprint density at radius 1 is 1.24 bits per heavy atom. The molecule has 0 saturated carbocycles. The highest BCUT2D eigenvalue weighted by molar-refractivity contribution is 5.89. The molecule has 12 heteroatoms. The zero-order chi connectivity index (χ0) is 26.1. The van der Waals surface area contributed by atoms with Gasteiger partial charge in [-0.2, -0.15) is 19.8 Å². The van der Waals surface area contributed by atoms with Gasteiger partial charge < -0.3 is 14.6 Å². The van der Waals surface area contributed by atoms with Crippen LogP contribution in [0.2, 0.25) is 0 Å². The summed E-state index contributed by atoms with van der Waals surface area (Å²) in [5, 5.41) is 12.9. The monoisotopic (exact) mass is 508 g/mol. The molecule has 3 atom stereocenters. The van der Waals surface area contributed by atoms with Crippen molar-refractivity contribution in [3.63, 3.8) is 0 Å². The van der Waals surface area contributed by atoms with E-state index in [4.69, 9.17) is 0 Å². The summed E-state index contributed by atoms with van der Waals surface area (Å²) < 4.78 is 31.1. The molecule has 1 aliphatic heterocycles. The van der Waals surface area contributed by atoms with Crippen LogP contribution in [0, 0.1) is 5.95 Å². The Hall–Kier alpha value is -4.22. The first kappa shape index (κ1) is 24.5. The van der Waals surface area contributed by atoms with Gasteiger partial charge in [-0.05, 0) is 29.7 Å². The second kappa shape index (κ2) is 10.0. The topological polar surface area (TPSA) is 121 Å². The quantitative estimate of drug-likeness (QED) is 0.370. The summed E-state index contributed by atoms with van der Waals surface area (Å²) in [4.78, 5) is 35.9. The van der Waals surface area contributed by atoms with Gasteiger partial charge in [0.1, 0.15) is 12.2 Å². The summed E-state index contributed by atoms with van der Waals surface area (Å²) in [7, 11) is 0. The number of aromatic amines is 1. The molecule has 0 radical (unpaired) electrons. The van der Waals surface area contributed by atoms with Gasteiger partial charge in [0.2, 0.25) is 17.8 Å². The van der Waals surface area contributed by atoms with Crippen LogP contribution in [0.3, 0.4) is 0 Å². The van der Waals surface area contributed by atoms with Gasteiger partial charge in [0.15, 0.2) is 0 Å². The summed E-state index contributed by atoms with van der Waals surface area (Å²) in [6, 6.07) is 5.04. The maximum absolute atomic E-state index is 14.9. The van der Waals surface area contributed by atoms with Crippen LogP contribution in [0.5, 0.6) is 0 Å². The lowest BCUT2D eigenvalue weighted by Crippen LogP contribution is -2.47. The number of carbonyl (C=O) groups excluding carboxylic acids is 2. The number of H-pyrrole nitrogens is 1. The van der Waals surface area contributed by atoms with E-state index < -0.39 is 36.0 Å². The molecule has 10 nitrogen and oxygen atoms in total. The molecule has 0 spiro atoms. The molecule has 0 aliphatic carbocycles. The van der Waals surface area contributed by atoms with E-state index >= 15 is 0 Å². The number of imidazole rings is 1. The van der Waals surface area contributed by atoms with Crippen molar-refractivity contribution in [2.45, 2.75) is 50.9 Å². The summed E-state index contributed by atoms with van der Waals surface area (Å²) in [6.45, 7) is 3.53. The number of fused-ring (bicyclic) bond motifs is 1. The number of hydrogen-bond acceptors (Lipinski definition) is 6. The second-order valence-corrected chi connectivity index (χ2v) is 9.43. The Bertz CT molecular complexity index is 1420. The van der Waals surface area contributed by atoms with Gasteiger partial charge in [-0.15, -0.1) is 0 Å². The molecule has 37 heavy (non-hydrogen) atoms. The number of nitrogens with one attached hydrogen (secondary N) is 2. The number of pyridine rings is 2. The molecule has 0 bridgehead atoms. The van der Waals surface area contributed by atoms with Crippen molar-refractivity contribution in [1.82, 2.24) is 40.0 Å². The number of hydrogen-bond donors (Lipinski definition) is 2. The average Bonchev–Trinajstić information content (AvgIpc) is 3.62. The van der Waals surface area contributed by atoms with Gasteiger partial charge in [0.25, 0.3) is 0 Å². The van der Waals surface area contributed by atoms with Crippen molar-refractivity contribution in [3.8, 4) is 0 Å². The number of nitrogens with zero attached hydrogens (tertiary/aromatic N) is 6. The van der Waals surface area contributed by atoms with E-state index in [1.54, 1.807) is 41.3 Å². The molecule has 1 unspecified atom stereocenters. The van der Waals surface area contributed by atoms with E-state index in [0.717, 1.165) is 5.52 Å². The lowest BCUT2D eigenvalue weighted by molar-refractivity contribution is -0.138. The van der Waals surface area contributed by atoms with Crippen LogP contribution >= 0.6 is 0 Å². The maximum atomic E-state index is 14.9. The highest BCUT2D eigenvalue weighted by Gasteiger charge is 2.40. The lowest BCUT2D eigenvalue weighted by atomic mass is 10.00. The Kier molecular flexibility index (Phi) is 6.64. The van der Waals surface area contributed by atoms with Gasteiger partial charge in [-0.25, -0.2) is 14.4 Å². The van der Waals surface area contributed by atoms with Crippen LogP contribution in [0.1, 0.15) is 54.7 Å². The molecule has 5 rings (SSSR count). The first-order chi connectivity index (χ1) is 17.8. The zero-order valence-corrected chi connectivity index (χ0v) is 20.3. The molecular formula is C25H26F2N8O2. The second-order valence-electron chi connectivity index (χ2n) is 9.43. The molecule has 1 aliphatic rings. The highest BCUT2D eigenvalue weighted by atomic mass is 19.1. The minimum absolute atomic E-state index is 0.0676. The van der Waals surface area contributed by atoms with Crippen molar-refractivity contribution in [3.05, 3.63) is 77.6 Å². The number of rotatable bonds is 7. The van der Waals surface area contributed by atoms with Gasteiger partial charge in [-0.3, -0.25) is 9.59 Å². The van der Waals surface area contributed by atoms with Crippen LogP contribution in [0.4, 0.5) is 8.78 Å². The molecule has 0 aromatic carbocycles. The fourth-order valence-corrected chi connectivity index (χ4v) is 4.61. The number of amides is 2. The lowest BCUT2D eigenvalue weighted by Gasteiger charge is -2.26. The first-order valence-corrected chi connectivity index (χ1v) is 12.0. The van der Waals surface area contributed by atoms with Crippen molar-refractivity contribution in [2.24, 2.45) is 0 Å². The van der Waals surface area contributed by atoms with Crippen molar-refractivity contribution in [2.75, 3.05) is 6.54 Å². The highest BCUT2D eigenvalue weighted by Crippen LogP contribution is 2.27. The minimum Gasteiger partial charge on any atom is -0.342 e. The van der Waals surface area contributed by atoms with Gasteiger partial charge >= 0.3 is 0 Å². The van der Waals surface area contributed by atoms with Crippen molar-refractivity contribution >= 4 is 17.3 Å². The van der Waals surface area contributed by atoms with E-state index in [1.165, 1.54) is 11.1 Å². The fraction of sp³-hybridized carbons (Fsp3) is 0.360. The summed E-state index contributed by atoms with van der Waals surface area (Å²) >= 11 is 0. The van der Waals surface area contributed by atoms with Crippen molar-refractivity contribution in [1.29, 1.82) is 0 Å². The van der Waals surface area contributed by atoms with Crippen LogP contribution in [-0.4, -0.2) is 65.3 Å². The first-order valence-electron chi connectivity index (χ1n) is 12.0. The predicted octanol–water partition coefficient (Wildman–Crippen LogP) is 2.50. The maximum Gasteiger partial charge on any atom is 0.243 e. The smallest absolute Gasteiger partial charge is 0.243 e. The van der Waals surface area contributed by atoms with Crippen LogP contribution in [-0.2, 0) is 16.0 Å². The third-order valence-electron chi connectivity index (χ3n) is 6.55. The molecule has 1 saturated heterocycles. The summed E-state index contributed by atoms with van der Waals surface area (Å²) in [6.07, 6.45) is 4.87. The van der Waals surface area contributed by atoms with E-state index in [2.05, 4.69) is 30.7 Å². The Balaban J connectivity index is 1.45. The predicted molar refractivity (Wildman–Crippen MR) is 129 cm³/mol. The molecule has 2 amide bonds. The standard InChI is InChI=1S/C25H26F2N8O2/c1-14(2)19-3-4-20(30-24(19)27)23(15-5-6-34-13-28-11-18(34)7-15)31-25(37)21-8-16(26)12-35(21)22(36)9-17-10-29-33-32-17/h3-7,10-11,13-14,16,21,23H,8-9,12H2,1-2H3,(H,31,37)(H,29,32,33)/t16-,21+,23?/m1/s1. The molecule has 5 heterocycles. The van der Waals surface area contributed by atoms with Crippen molar-refractivity contribution < 1.29 is 18.4 Å². The number of halogens is 2. The number of likely N-dealkylation sites (tertiary alicyclic amines) is 1. The molecule has 2 N–H and O–H groups in total. The molecular weight excluding hydrogens is 482 g/mol. The summed E-state index contributed by atoms with van der Waals surface area (Å²) in [5.74, 6) is -1.67. The number of carbonyl (C=O) groups is 2. The van der Waals surface area contributed by atoms with Crippen LogP contribution in [0.25, 0.3) is 5.52 Å². The molecule has 1 fully saturated rings. The fourth-order valence-electron chi connectivity index (χ4n) is 4.61. The number of aromatic nitrogens is 6. The minimum atomic E-state index is -1.35. The molecule has 192 valence electrons. The Morgan fingerprint density at radius 2 is 2.08 bits per heavy atom. The largest absolute Gasteiger partial charge is 0.342 e. The average molecular weight is 509 g/mol. The summed E-state index contributed by atoms with van der Waals surface area (Å²) in [5.41, 5.74) is 2.55. The van der Waals surface area contributed by atoms with Crippen LogP contribution in [0.15, 0.2) is 49.2 Å². The van der Waals surface area contributed by atoms with E-state index in [9.17, 15) is 18.4 Å². The number of alkyl halides is 1. The van der Waals surface area contributed by atoms with Crippen LogP contribution < -0.4 is 5.32 Å². The third-order valence-corrected chi connectivity index (χ3v) is 6.55.